The summed E-state index contributed by atoms with van der Waals surface area (Å²) in [4.78, 5) is 0. The van der Waals surface area contributed by atoms with Crippen LogP contribution >= 0.6 is 0 Å². The van der Waals surface area contributed by atoms with Gasteiger partial charge in [-0.05, 0) is 43.1 Å². The van der Waals surface area contributed by atoms with Gasteiger partial charge in [-0.25, -0.2) is 0 Å². The van der Waals surface area contributed by atoms with Gasteiger partial charge in [-0.2, -0.15) is 0 Å². The van der Waals surface area contributed by atoms with Crippen molar-refractivity contribution >= 4 is 0 Å². The summed E-state index contributed by atoms with van der Waals surface area (Å²) in [5, 5.41) is 9.25. The van der Waals surface area contributed by atoms with Gasteiger partial charge in [-0.1, -0.05) is 6.92 Å². The van der Waals surface area contributed by atoms with Gasteiger partial charge in [0.1, 0.15) is 0 Å². The van der Waals surface area contributed by atoms with Crippen molar-refractivity contribution in [1.82, 2.24) is 0 Å². The highest BCUT2D eigenvalue weighted by Gasteiger charge is 2.60. The van der Waals surface area contributed by atoms with E-state index in [2.05, 4.69) is 6.92 Å². The van der Waals surface area contributed by atoms with Crippen molar-refractivity contribution < 1.29 is 5.11 Å². The molecule has 0 amide bonds. The topological polar surface area (TPSA) is 46.2 Å². The first-order valence-electron chi connectivity index (χ1n) is 4.50. The Balaban J connectivity index is 2.07. The van der Waals surface area contributed by atoms with Crippen molar-refractivity contribution in [3.8, 4) is 0 Å². The highest BCUT2D eigenvalue weighted by atomic mass is 16.3. The van der Waals surface area contributed by atoms with Crippen LogP contribution in [-0.4, -0.2) is 17.8 Å². The molecule has 0 heterocycles. The highest BCUT2D eigenvalue weighted by molar-refractivity contribution is 5.11. The molecule has 2 rings (SSSR count). The second kappa shape index (κ2) is 1.99. The van der Waals surface area contributed by atoms with Gasteiger partial charge in [0.25, 0.3) is 0 Å². The van der Waals surface area contributed by atoms with Crippen LogP contribution < -0.4 is 5.73 Å². The van der Waals surface area contributed by atoms with Gasteiger partial charge in [0.05, 0.1) is 6.10 Å². The third-order valence-electron chi connectivity index (χ3n) is 3.92. The Morgan fingerprint density at radius 1 is 1.45 bits per heavy atom. The van der Waals surface area contributed by atoms with E-state index in [1.54, 1.807) is 0 Å². The first kappa shape index (κ1) is 7.56. The summed E-state index contributed by atoms with van der Waals surface area (Å²) in [5.74, 6) is 0. The Hall–Kier alpha value is -0.0800. The van der Waals surface area contributed by atoms with Gasteiger partial charge in [0.15, 0.2) is 0 Å². The number of hydrogen-bond acceptors (Lipinski definition) is 2. The molecule has 0 saturated heterocycles. The summed E-state index contributed by atoms with van der Waals surface area (Å²) >= 11 is 0. The summed E-state index contributed by atoms with van der Waals surface area (Å²) in [5.41, 5.74) is 6.55. The quantitative estimate of drug-likeness (QED) is 0.622. The molecular weight excluding hydrogens is 138 g/mol. The van der Waals surface area contributed by atoms with Gasteiger partial charge in [0.2, 0.25) is 0 Å². The van der Waals surface area contributed by atoms with Gasteiger partial charge in [-0.15, -0.1) is 0 Å². The van der Waals surface area contributed by atoms with Crippen LogP contribution in [0.25, 0.3) is 0 Å². The summed E-state index contributed by atoms with van der Waals surface area (Å²) in [6.07, 6.45) is 4.46. The maximum absolute atomic E-state index is 9.25. The van der Waals surface area contributed by atoms with Gasteiger partial charge in [-0.3, -0.25) is 0 Å². The van der Waals surface area contributed by atoms with Crippen LogP contribution in [0, 0.1) is 10.8 Å². The lowest BCUT2D eigenvalue weighted by Crippen LogP contribution is -2.51. The van der Waals surface area contributed by atoms with Crippen molar-refractivity contribution in [3.05, 3.63) is 0 Å². The fraction of sp³-hybridized carbons (Fsp3) is 1.00. The second-order valence-corrected chi connectivity index (χ2v) is 4.61. The number of nitrogens with two attached hydrogens (primary N) is 1. The molecule has 2 nitrogen and oxygen atoms in total. The summed E-state index contributed by atoms with van der Waals surface area (Å²) < 4.78 is 0. The lowest BCUT2D eigenvalue weighted by atomic mass is 9.58. The molecule has 2 heteroatoms. The molecular formula is C9H17NO. The first-order chi connectivity index (χ1) is 5.12. The van der Waals surface area contributed by atoms with Gasteiger partial charge in [0, 0.05) is 0 Å². The molecule has 0 unspecified atom stereocenters. The van der Waals surface area contributed by atoms with E-state index in [0.29, 0.717) is 10.8 Å². The van der Waals surface area contributed by atoms with E-state index in [4.69, 9.17) is 5.73 Å². The molecule has 0 aromatic carbocycles. The fourth-order valence-corrected chi connectivity index (χ4v) is 2.47. The minimum atomic E-state index is -0.0593. The van der Waals surface area contributed by atoms with E-state index >= 15 is 0 Å². The SMILES string of the molecule is CC1(C2(CN)CC(O)C2)CC1. The molecule has 3 N–H and O–H groups in total. The molecule has 0 spiro atoms. The van der Waals surface area contributed by atoms with Crippen LogP contribution in [-0.2, 0) is 0 Å². The Morgan fingerprint density at radius 2 is 2.00 bits per heavy atom. The van der Waals surface area contributed by atoms with E-state index < -0.39 is 0 Å². The Labute approximate surface area is 67.8 Å². The molecule has 2 saturated carbocycles. The molecule has 0 aliphatic heterocycles. The smallest absolute Gasteiger partial charge is 0.0552 e. The summed E-state index contributed by atoms with van der Waals surface area (Å²) in [6, 6.07) is 0. The van der Waals surface area contributed by atoms with E-state index in [-0.39, 0.29) is 6.10 Å². The van der Waals surface area contributed by atoms with Crippen LogP contribution in [0.3, 0.4) is 0 Å². The Morgan fingerprint density at radius 3 is 2.27 bits per heavy atom. The average Bonchev–Trinajstić information content (AvgIpc) is 2.62. The normalized spacial score (nSPS) is 46.6. The van der Waals surface area contributed by atoms with Gasteiger partial charge >= 0.3 is 0 Å². The molecule has 64 valence electrons. The number of aliphatic hydroxyl groups excluding tert-OH is 1. The van der Waals surface area contributed by atoms with Crippen LogP contribution in [0.4, 0.5) is 0 Å². The van der Waals surface area contributed by atoms with E-state index in [1.807, 2.05) is 0 Å². The number of aliphatic hydroxyl groups is 1. The zero-order chi connectivity index (χ0) is 8.11. The molecule has 0 aromatic heterocycles. The second-order valence-electron chi connectivity index (χ2n) is 4.61. The summed E-state index contributed by atoms with van der Waals surface area (Å²) in [6.45, 7) is 3.08. The zero-order valence-corrected chi connectivity index (χ0v) is 7.14. The van der Waals surface area contributed by atoms with Gasteiger partial charge < -0.3 is 10.8 Å². The Kier molecular flexibility index (Phi) is 1.37. The van der Waals surface area contributed by atoms with Crippen molar-refractivity contribution in [2.75, 3.05) is 6.54 Å². The lowest BCUT2D eigenvalue weighted by molar-refractivity contribution is -0.0693. The lowest BCUT2D eigenvalue weighted by Gasteiger charge is -2.49. The fourth-order valence-electron chi connectivity index (χ4n) is 2.47. The van der Waals surface area contributed by atoms with Crippen LogP contribution in [0.5, 0.6) is 0 Å². The molecule has 0 radical (unpaired) electrons. The third kappa shape index (κ3) is 0.859. The van der Waals surface area contributed by atoms with Crippen molar-refractivity contribution in [1.29, 1.82) is 0 Å². The molecule has 0 bridgehead atoms. The van der Waals surface area contributed by atoms with Crippen molar-refractivity contribution in [3.63, 3.8) is 0 Å². The van der Waals surface area contributed by atoms with E-state index in [0.717, 1.165) is 19.4 Å². The summed E-state index contributed by atoms with van der Waals surface area (Å²) in [7, 11) is 0. The minimum Gasteiger partial charge on any atom is -0.393 e. The molecule has 0 atom stereocenters. The number of hydrogen-bond donors (Lipinski definition) is 2. The predicted molar refractivity (Wildman–Crippen MR) is 44.1 cm³/mol. The molecule has 0 aromatic rings. The number of rotatable bonds is 2. The van der Waals surface area contributed by atoms with Crippen molar-refractivity contribution in [2.24, 2.45) is 16.6 Å². The zero-order valence-electron chi connectivity index (χ0n) is 7.14. The third-order valence-corrected chi connectivity index (χ3v) is 3.92. The monoisotopic (exact) mass is 155 g/mol. The highest BCUT2D eigenvalue weighted by Crippen LogP contribution is 2.65. The first-order valence-corrected chi connectivity index (χ1v) is 4.50. The Bertz CT molecular complexity index is 168. The molecule has 11 heavy (non-hydrogen) atoms. The molecule has 2 fully saturated rings. The maximum Gasteiger partial charge on any atom is 0.0552 e. The average molecular weight is 155 g/mol. The van der Waals surface area contributed by atoms with E-state index in [1.165, 1.54) is 12.8 Å². The predicted octanol–water partition coefficient (Wildman–Crippen LogP) is 0.886. The van der Waals surface area contributed by atoms with Crippen LogP contribution in [0.15, 0.2) is 0 Å². The van der Waals surface area contributed by atoms with Crippen LogP contribution in [0.1, 0.15) is 32.6 Å². The molecule has 2 aliphatic carbocycles. The molecule has 2 aliphatic rings. The minimum absolute atomic E-state index is 0.0593. The largest absolute Gasteiger partial charge is 0.393 e. The standard InChI is InChI=1S/C9H17NO/c1-8(2-3-8)9(6-10)4-7(11)5-9/h7,11H,2-6,10H2,1H3. The van der Waals surface area contributed by atoms with Crippen LogP contribution in [0.2, 0.25) is 0 Å². The van der Waals surface area contributed by atoms with E-state index in [9.17, 15) is 5.11 Å². The van der Waals surface area contributed by atoms with Crippen molar-refractivity contribution in [2.45, 2.75) is 38.7 Å². The maximum atomic E-state index is 9.25.